The molecule has 122 valence electrons. The van der Waals surface area contributed by atoms with E-state index in [1.807, 2.05) is 0 Å². The van der Waals surface area contributed by atoms with Crippen molar-refractivity contribution in [2.24, 2.45) is 0 Å². The van der Waals surface area contributed by atoms with Crippen LogP contribution in [0.4, 0.5) is 11.4 Å². The molecule has 0 saturated heterocycles. The van der Waals surface area contributed by atoms with Crippen molar-refractivity contribution in [3.05, 3.63) is 57.6 Å². The number of nitro groups is 1. The third kappa shape index (κ3) is 2.79. The first kappa shape index (κ1) is 15.5. The zero-order valence-corrected chi connectivity index (χ0v) is 12.8. The van der Waals surface area contributed by atoms with Gasteiger partial charge in [-0.15, -0.1) is 0 Å². The van der Waals surface area contributed by atoms with Crippen molar-refractivity contribution in [1.82, 2.24) is 0 Å². The number of carbonyl (C=O) groups excluding carboxylic acids is 1. The van der Waals surface area contributed by atoms with E-state index < -0.39 is 4.92 Å². The average Bonchev–Trinajstić information content (AvgIpc) is 2.86. The van der Waals surface area contributed by atoms with Crippen LogP contribution >= 0.6 is 0 Å². The fourth-order valence-electron chi connectivity index (χ4n) is 2.49. The largest absolute Gasteiger partial charge is 0.504 e. The summed E-state index contributed by atoms with van der Waals surface area (Å²) in [6, 6.07) is 8.92. The molecule has 3 rings (SSSR count). The molecule has 0 aliphatic carbocycles. The summed E-state index contributed by atoms with van der Waals surface area (Å²) < 4.78 is 5.32. The lowest BCUT2D eigenvalue weighted by Crippen LogP contribution is -2.03. The molecule has 1 heterocycles. The van der Waals surface area contributed by atoms with Gasteiger partial charge in [0.25, 0.3) is 11.6 Å². The lowest BCUT2D eigenvalue weighted by molar-refractivity contribution is -0.384. The number of nitrogens with zero attached hydrogens (tertiary/aromatic N) is 1. The molecule has 24 heavy (non-hydrogen) atoms. The number of phenolic OH excluding ortho intramolecular Hbond substituents is 1. The van der Waals surface area contributed by atoms with E-state index in [2.05, 4.69) is 5.32 Å². The number of benzene rings is 2. The molecule has 1 amide bonds. The summed E-state index contributed by atoms with van der Waals surface area (Å²) in [7, 11) is 0. The van der Waals surface area contributed by atoms with E-state index in [1.165, 1.54) is 24.3 Å². The first-order chi connectivity index (χ1) is 11.5. The van der Waals surface area contributed by atoms with Gasteiger partial charge in [0.15, 0.2) is 11.5 Å². The fraction of sp³-hybridized carbons (Fsp3) is 0.118. The average molecular weight is 326 g/mol. The molecule has 0 spiro atoms. The standard InChI is InChI=1S/C17H14N2O5/c1-2-24-16-8-10(3-6-15(16)20)7-13-12-9-11(19(22)23)4-5-14(12)18-17(13)21/h3-9,20H,2H2,1H3,(H,18,21). The Bertz CT molecular complexity index is 873. The second-order valence-electron chi connectivity index (χ2n) is 5.16. The number of carbonyl (C=O) groups is 1. The Kier molecular flexibility index (Phi) is 3.91. The van der Waals surface area contributed by atoms with Gasteiger partial charge < -0.3 is 15.2 Å². The first-order valence-electron chi connectivity index (χ1n) is 7.27. The van der Waals surface area contributed by atoms with Crippen LogP contribution in [0.2, 0.25) is 0 Å². The fourth-order valence-corrected chi connectivity index (χ4v) is 2.49. The molecule has 1 aliphatic rings. The van der Waals surface area contributed by atoms with Crippen molar-refractivity contribution in [2.45, 2.75) is 6.92 Å². The molecule has 2 aromatic carbocycles. The lowest BCUT2D eigenvalue weighted by atomic mass is 10.0. The van der Waals surface area contributed by atoms with Gasteiger partial charge in [0, 0.05) is 29.0 Å². The van der Waals surface area contributed by atoms with Gasteiger partial charge in [-0.1, -0.05) is 6.07 Å². The minimum Gasteiger partial charge on any atom is -0.504 e. The van der Waals surface area contributed by atoms with Crippen LogP contribution in [-0.4, -0.2) is 22.5 Å². The molecule has 2 aromatic rings. The maximum Gasteiger partial charge on any atom is 0.270 e. The summed E-state index contributed by atoms with van der Waals surface area (Å²) in [6.07, 6.45) is 1.60. The number of phenols is 1. The quantitative estimate of drug-likeness (QED) is 0.510. The van der Waals surface area contributed by atoms with E-state index in [-0.39, 0.29) is 17.3 Å². The Labute approximate surface area is 137 Å². The van der Waals surface area contributed by atoms with E-state index in [0.29, 0.717) is 34.7 Å². The molecule has 0 radical (unpaired) electrons. The van der Waals surface area contributed by atoms with E-state index in [0.717, 1.165) is 0 Å². The van der Waals surface area contributed by atoms with Crippen LogP contribution in [0.3, 0.4) is 0 Å². The summed E-state index contributed by atoms with van der Waals surface area (Å²) in [5.41, 5.74) is 1.88. The minimum absolute atomic E-state index is 0.00547. The molecule has 0 fully saturated rings. The zero-order valence-electron chi connectivity index (χ0n) is 12.8. The highest BCUT2D eigenvalue weighted by Crippen LogP contribution is 2.36. The van der Waals surface area contributed by atoms with Crippen LogP contribution in [0.25, 0.3) is 11.6 Å². The van der Waals surface area contributed by atoms with Crippen molar-refractivity contribution in [3.63, 3.8) is 0 Å². The predicted octanol–water partition coefficient (Wildman–Crippen LogP) is 3.19. The molecule has 7 heteroatoms. The van der Waals surface area contributed by atoms with E-state index in [9.17, 15) is 20.0 Å². The number of amides is 1. The van der Waals surface area contributed by atoms with E-state index in [4.69, 9.17) is 4.74 Å². The Hall–Kier alpha value is -3.35. The van der Waals surface area contributed by atoms with Crippen LogP contribution in [0.1, 0.15) is 18.1 Å². The third-order valence-corrected chi connectivity index (χ3v) is 3.59. The second-order valence-corrected chi connectivity index (χ2v) is 5.16. The van der Waals surface area contributed by atoms with Crippen molar-refractivity contribution in [2.75, 3.05) is 11.9 Å². The highest BCUT2D eigenvalue weighted by atomic mass is 16.6. The van der Waals surface area contributed by atoms with Gasteiger partial charge in [-0.25, -0.2) is 0 Å². The number of aromatic hydroxyl groups is 1. The Morgan fingerprint density at radius 2 is 2.08 bits per heavy atom. The maximum absolute atomic E-state index is 12.2. The summed E-state index contributed by atoms with van der Waals surface area (Å²) in [5.74, 6) is -0.0213. The number of nitro benzene ring substituents is 1. The van der Waals surface area contributed by atoms with E-state index >= 15 is 0 Å². The molecule has 1 aliphatic heterocycles. The smallest absolute Gasteiger partial charge is 0.270 e. The molecule has 2 N–H and O–H groups in total. The summed E-state index contributed by atoms with van der Waals surface area (Å²) in [4.78, 5) is 22.6. The van der Waals surface area contributed by atoms with Crippen molar-refractivity contribution >= 4 is 28.9 Å². The topological polar surface area (TPSA) is 102 Å². The van der Waals surface area contributed by atoms with Crippen molar-refractivity contribution < 1.29 is 19.6 Å². The zero-order chi connectivity index (χ0) is 17.3. The molecular formula is C17H14N2O5. The summed E-state index contributed by atoms with van der Waals surface area (Å²) in [6.45, 7) is 2.19. The van der Waals surface area contributed by atoms with Crippen molar-refractivity contribution in [3.8, 4) is 11.5 Å². The van der Waals surface area contributed by atoms with Crippen LogP contribution in [0.5, 0.6) is 11.5 Å². The number of non-ortho nitro benzene ring substituents is 1. The van der Waals surface area contributed by atoms with Gasteiger partial charge in [-0.05, 0) is 36.8 Å². The SMILES string of the molecule is CCOc1cc(C=C2C(=O)Nc3ccc([N+](=O)[O-])cc32)ccc1O. The van der Waals surface area contributed by atoms with Crippen molar-refractivity contribution in [1.29, 1.82) is 0 Å². The number of hydrogen-bond acceptors (Lipinski definition) is 5. The molecule has 0 unspecified atom stereocenters. The summed E-state index contributed by atoms with van der Waals surface area (Å²) >= 11 is 0. The summed E-state index contributed by atoms with van der Waals surface area (Å²) in [5, 5.41) is 23.3. The van der Waals surface area contributed by atoms with E-state index in [1.54, 1.807) is 25.1 Å². The van der Waals surface area contributed by atoms with Crippen LogP contribution in [0, 0.1) is 10.1 Å². The number of fused-ring (bicyclic) bond motifs is 1. The van der Waals surface area contributed by atoms with Gasteiger partial charge in [0.2, 0.25) is 0 Å². The van der Waals surface area contributed by atoms with Gasteiger partial charge in [-0.2, -0.15) is 0 Å². The lowest BCUT2D eigenvalue weighted by Gasteiger charge is -2.06. The number of ether oxygens (including phenoxy) is 1. The molecular weight excluding hydrogens is 312 g/mol. The molecule has 0 bridgehead atoms. The predicted molar refractivity (Wildman–Crippen MR) is 88.9 cm³/mol. The van der Waals surface area contributed by atoms with Gasteiger partial charge in [0.1, 0.15) is 0 Å². The van der Waals surface area contributed by atoms with Crippen LogP contribution in [0.15, 0.2) is 36.4 Å². The third-order valence-electron chi connectivity index (χ3n) is 3.59. The highest BCUT2D eigenvalue weighted by Gasteiger charge is 2.26. The van der Waals surface area contributed by atoms with Gasteiger partial charge in [-0.3, -0.25) is 14.9 Å². The first-order valence-corrected chi connectivity index (χ1v) is 7.27. The number of anilines is 1. The Balaban J connectivity index is 2.06. The number of rotatable bonds is 4. The van der Waals surface area contributed by atoms with Crippen LogP contribution < -0.4 is 10.1 Å². The molecule has 0 aromatic heterocycles. The number of hydrogen-bond donors (Lipinski definition) is 2. The molecule has 0 atom stereocenters. The maximum atomic E-state index is 12.2. The Morgan fingerprint density at radius 3 is 2.79 bits per heavy atom. The monoisotopic (exact) mass is 326 g/mol. The van der Waals surface area contributed by atoms with Gasteiger partial charge in [0.05, 0.1) is 11.5 Å². The highest BCUT2D eigenvalue weighted by molar-refractivity contribution is 6.35. The van der Waals surface area contributed by atoms with Crippen LogP contribution in [-0.2, 0) is 4.79 Å². The number of nitrogens with one attached hydrogen (secondary N) is 1. The molecule has 0 saturated carbocycles. The van der Waals surface area contributed by atoms with Gasteiger partial charge >= 0.3 is 0 Å². The second kappa shape index (κ2) is 6.04. The normalized spacial score (nSPS) is 14.4. The Morgan fingerprint density at radius 1 is 1.29 bits per heavy atom. The minimum atomic E-state index is -0.506. The molecule has 7 nitrogen and oxygen atoms in total.